The molecule has 136 valence electrons. The highest BCUT2D eigenvalue weighted by Crippen LogP contribution is 2.55. The SMILES string of the molecule is O=C(O)C1C2C=CC3(O2)C1C(=O)N(CN1CCN(F)CC1)C3C(=O)O. The van der Waals surface area contributed by atoms with Gasteiger partial charge in [0.1, 0.15) is 11.5 Å². The molecule has 0 saturated carbocycles. The zero-order valence-electron chi connectivity index (χ0n) is 13.2. The molecule has 1 amide bonds. The maximum Gasteiger partial charge on any atom is 0.329 e. The Morgan fingerprint density at radius 3 is 2.52 bits per heavy atom. The number of carboxylic acids is 2. The predicted molar refractivity (Wildman–Crippen MR) is 78.8 cm³/mol. The number of carbonyl (C=O) groups is 3. The van der Waals surface area contributed by atoms with E-state index in [2.05, 4.69) is 0 Å². The van der Waals surface area contributed by atoms with Gasteiger partial charge in [-0.05, 0) is 0 Å². The second-order valence-electron chi connectivity index (χ2n) is 6.85. The number of ether oxygens (including phenoxy) is 1. The van der Waals surface area contributed by atoms with Gasteiger partial charge >= 0.3 is 11.9 Å². The second kappa shape index (κ2) is 5.48. The van der Waals surface area contributed by atoms with Gasteiger partial charge in [0, 0.05) is 26.2 Å². The Morgan fingerprint density at radius 1 is 1.24 bits per heavy atom. The van der Waals surface area contributed by atoms with Gasteiger partial charge in [0.2, 0.25) is 5.91 Å². The second-order valence-corrected chi connectivity index (χ2v) is 6.85. The summed E-state index contributed by atoms with van der Waals surface area (Å²) in [6, 6.07) is -1.29. The minimum atomic E-state index is -1.45. The lowest BCUT2D eigenvalue weighted by Gasteiger charge is -2.36. The lowest BCUT2D eigenvalue weighted by Crippen LogP contribution is -2.55. The molecule has 9 nitrogen and oxygen atoms in total. The molecule has 3 fully saturated rings. The first-order valence-electron chi connectivity index (χ1n) is 8.11. The van der Waals surface area contributed by atoms with E-state index in [1.807, 2.05) is 0 Å². The molecule has 1 spiro atoms. The standard InChI is InChI=1S/C15H18FN3O6/c16-18-5-3-17(4-6-18)7-19-11(14(23)24)15-2-1-8(25-15)9(13(21)22)10(15)12(19)20/h1-2,8-11H,3-7H2,(H,21,22)(H,23,24). The van der Waals surface area contributed by atoms with Gasteiger partial charge in [-0.2, -0.15) is 0 Å². The number of nitrogens with zero attached hydrogens (tertiary/aromatic N) is 3. The zero-order chi connectivity index (χ0) is 17.9. The van der Waals surface area contributed by atoms with Gasteiger partial charge in [-0.3, -0.25) is 14.5 Å². The van der Waals surface area contributed by atoms with E-state index >= 15 is 0 Å². The Balaban J connectivity index is 1.64. The van der Waals surface area contributed by atoms with E-state index in [4.69, 9.17) is 4.74 Å². The van der Waals surface area contributed by atoms with Crippen LogP contribution in [0.15, 0.2) is 12.2 Å². The molecule has 4 aliphatic rings. The first-order chi connectivity index (χ1) is 11.8. The first-order valence-corrected chi connectivity index (χ1v) is 8.11. The minimum absolute atomic E-state index is 0.0100. The van der Waals surface area contributed by atoms with Crippen LogP contribution in [0.1, 0.15) is 0 Å². The minimum Gasteiger partial charge on any atom is -0.481 e. The van der Waals surface area contributed by atoms with Crippen LogP contribution in [0.3, 0.4) is 0 Å². The molecule has 2 N–H and O–H groups in total. The first kappa shape index (κ1) is 16.4. The number of piperazine rings is 1. The van der Waals surface area contributed by atoms with Gasteiger partial charge in [-0.25, -0.2) is 4.79 Å². The summed E-state index contributed by atoms with van der Waals surface area (Å²) in [5.41, 5.74) is -1.45. The summed E-state index contributed by atoms with van der Waals surface area (Å²) >= 11 is 0. The summed E-state index contributed by atoms with van der Waals surface area (Å²) in [7, 11) is 0. The van der Waals surface area contributed by atoms with Gasteiger partial charge < -0.3 is 19.8 Å². The summed E-state index contributed by atoms with van der Waals surface area (Å²) in [5, 5.41) is 19.9. The molecule has 3 saturated heterocycles. The molecule has 10 heteroatoms. The van der Waals surface area contributed by atoms with Crippen LogP contribution < -0.4 is 0 Å². The van der Waals surface area contributed by atoms with E-state index < -0.39 is 47.4 Å². The molecule has 2 bridgehead atoms. The summed E-state index contributed by atoms with van der Waals surface area (Å²) < 4.78 is 18.9. The van der Waals surface area contributed by atoms with E-state index in [-0.39, 0.29) is 19.8 Å². The molecule has 4 heterocycles. The maximum atomic E-state index is 13.1. The largest absolute Gasteiger partial charge is 0.481 e. The van der Waals surface area contributed by atoms with Crippen LogP contribution in [0, 0.1) is 11.8 Å². The van der Waals surface area contributed by atoms with Crippen LogP contribution in [0.5, 0.6) is 0 Å². The van der Waals surface area contributed by atoms with Crippen molar-refractivity contribution >= 4 is 17.8 Å². The fourth-order valence-electron chi connectivity index (χ4n) is 4.46. The number of hydrogen-bond donors (Lipinski definition) is 2. The molecule has 4 aliphatic heterocycles. The number of aliphatic carboxylic acids is 2. The maximum absolute atomic E-state index is 13.1. The molecule has 0 radical (unpaired) electrons. The van der Waals surface area contributed by atoms with Crippen molar-refractivity contribution in [3.63, 3.8) is 0 Å². The van der Waals surface area contributed by atoms with Gasteiger partial charge in [-0.15, -0.1) is 9.60 Å². The molecular weight excluding hydrogens is 337 g/mol. The molecule has 5 atom stereocenters. The predicted octanol–water partition coefficient (Wildman–Crippen LogP) is -1.23. The Labute approximate surface area is 142 Å². The van der Waals surface area contributed by atoms with Crippen molar-refractivity contribution in [3.05, 3.63) is 12.2 Å². The van der Waals surface area contributed by atoms with Crippen LogP contribution in [0.4, 0.5) is 4.48 Å². The third-order valence-corrected chi connectivity index (χ3v) is 5.56. The molecule has 4 rings (SSSR count). The van der Waals surface area contributed by atoms with Crippen LogP contribution >= 0.6 is 0 Å². The summed E-state index contributed by atoms with van der Waals surface area (Å²) in [5.74, 6) is -5.09. The van der Waals surface area contributed by atoms with Gasteiger partial charge in [0.05, 0.1) is 18.7 Å². The number of halogens is 1. The van der Waals surface area contributed by atoms with Crippen molar-refractivity contribution in [2.45, 2.75) is 17.7 Å². The molecule has 25 heavy (non-hydrogen) atoms. The fraction of sp³-hybridized carbons (Fsp3) is 0.667. The molecule has 0 aromatic heterocycles. The number of likely N-dealkylation sites (tertiary alicyclic amines) is 1. The molecular formula is C15H18FN3O6. The highest BCUT2D eigenvalue weighted by molar-refractivity contribution is 5.97. The van der Waals surface area contributed by atoms with E-state index in [9.17, 15) is 29.1 Å². The monoisotopic (exact) mass is 355 g/mol. The normalized spacial score (nSPS) is 40.7. The average molecular weight is 355 g/mol. The number of hydrogen-bond acceptors (Lipinski definition) is 6. The van der Waals surface area contributed by atoms with Crippen molar-refractivity contribution in [1.29, 1.82) is 0 Å². The third kappa shape index (κ3) is 2.21. The van der Waals surface area contributed by atoms with Crippen LogP contribution in [-0.2, 0) is 19.1 Å². The van der Waals surface area contributed by atoms with E-state index in [0.29, 0.717) is 18.2 Å². The molecule has 5 unspecified atom stereocenters. The smallest absolute Gasteiger partial charge is 0.329 e. The summed E-state index contributed by atoms with van der Waals surface area (Å²) in [6.07, 6.45) is 2.27. The lowest BCUT2D eigenvalue weighted by molar-refractivity contribution is -0.156. The Kier molecular flexibility index (Phi) is 3.60. The molecule has 0 aromatic rings. The van der Waals surface area contributed by atoms with Crippen molar-refractivity contribution in [2.75, 3.05) is 32.8 Å². The number of rotatable bonds is 4. The highest BCUT2D eigenvalue weighted by atomic mass is 19.2. The number of carboxylic acid groups (broad SMARTS) is 2. The topological polar surface area (TPSA) is 111 Å². The highest BCUT2D eigenvalue weighted by Gasteiger charge is 2.73. The summed E-state index contributed by atoms with van der Waals surface area (Å²) in [4.78, 5) is 39.4. The third-order valence-electron chi connectivity index (χ3n) is 5.56. The van der Waals surface area contributed by atoms with E-state index in [1.165, 1.54) is 17.1 Å². The van der Waals surface area contributed by atoms with Crippen molar-refractivity contribution in [3.8, 4) is 0 Å². The average Bonchev–Trinajstić information content (AvgIpc) is 3.17. The Bertz CT molecular complexity index is 664. The van der Waals surface area contributed by atoms with Gasteiger partial charge in [0.25, 0.3) is 0 Å². The van der Waals surface area contributed by atoms with Crippen LogP contribution in [0.2, 0.25) is 0 Å². The number of carbonyl (C=O) groups excluding carboxylic acids is 1. The number of fused-ring (bicyclic) bond motifs is 1. The Morgan fingerprint density at radius 2 is 1.92 bits per heavy atom. The molecule has 0 aromatic carbocycles. The van der Waals surface area contributed by atoms with Crippen LogP contribution in [-0.4, -0.2) is 93.6 Å². The molecule has 0 aliphatic carbocycles. The van der Waals surface area contributed by atoms with Gasteiger partial charge in [0.15, 0.2) is 6.04 Å². The zero-order valence-corrected chi connectivity index (χ0v) is 13.2. The van der Waals surface area contributed by atoms with Crippen molar-refractivity contribution in [2.24, 2.45) is 11.8 Å². The number of amides is 1. The van der Waals surface area contributed by atoms with Crippen molar-refractivity contribution < 1.29 is 33.8 Å². The fourth-order valence-corrected chi connectivity index (χ4v) is 4.46. The lowest BCUT2D eigenvalue weighted by atomic mass is 9.75. The van der Waals surface area contributed by atoms with E-state index in [0.717, 1.165) is 0 Å². The summed E-state index contributed by atoms with van der Waals surface area (Å²) in [6.45, 7) is 1.06. The van der Waals surface area contributed by atoms with Gasteiger partial charge in [-0.1, -0.05) is 12.2 Å². The van der Waals surface area contributed by atoms with Crippen molar-refractivity contribution in [1.82, 2.24) is 14.9 Å². The van der Waals surface area contributed by atoms with E-state index in [1.54, 1.807) is 4.90 Å². The quantitative estimate of drug-likeness (QED) is 0.476. The van der Waals surface area contributed by atoms with Crippen LogP contribution in [0.25, 0.3) is 0 Å². The Hall–Kier alpha value is -2.04.